The Balaban J connectivity index is 2.38. The van der Waals surface area contributed by atoms with Gasteiger partial charge in [-0.05, 0) is 131 Å². The molecule has 0 unspecified atom stereocenters. The maximum atomic E-state index is 14.6. The number of phenolic OH excluding ortho intramolecular Hbond substituents is 1. The standard InChI is InChI=1S/C70H114N20O17S/c1-9-40(6)57(90-66(104)56(39(4)5)89-64(102)46(20-15-30-77-69(73)74)82-54(93)37-79-53(92)36-80-60(98)51(34-43-22-24-44(91)25-23-43)87-59(97)45(72)28-32-108-8)67(105)85-48(21-16-31-78-70(75)76)62(100)83-47(19-13-14-29-71)61(99)81-41(7)58(96)86-50(33-38(2)3)65(103)84-49(26-27-55(94)95)63(101)88-52(68(106)107)35-42-17-11-10-12-18-42/h10-12,17-18,22-25,38-41,45-52,56-57,91H,9,13-16,19-21,26-37,71-72H2,1-8H3,(H,79,92)(H,80,98)(H,81,99)(H,82,93)(H,83,100)(H,84,103)(H,85,105)(H,86,96)(H,87,97)(H,88,101)(H,89,102)(H,90,104)(H,94,95)(H,106,107)(H4,73,74,77)(H4,75,76,78)/t40-,41-,45-,46-,47-,48-,49-,50-,51-,52-,56-,57-/m0/s1. The second-order valence-electron chi connectivity index (χ2n) is 26.9. The van der Waals surface area contributed by atoms with E-state index in [0.29, 0.717) is 29.7 Å². The number of rotatable bonds is 52. The number of unbranched alkanes of at least 4 members (excludes halogenated alkanes) is 1. The van der Waals surface area contributed by atoms with E-state index in [9.17, 15) is 82.4 Å². The highest BCUT2D eigenvalue weighted by Gasteiger charge is 2.37. The van der Waals surface area contributed by atoms with E-state index >= 15 is 0 Å². The summed E-state index contributed by atoms with van der Waals surface area (Å²) in [5.41, 5.74) is 24.0. The number of amides is 12. The first-order valence-electron chi connectivity index (χ1n) is 35.9. The van der Waals surface area contributed by atoms with E-state index in [0.717, 1.165) is 0 Å². The van der Waals surface area contributed by atoms with Crippen molar-refractivity contribution in [1.29, 1.82) is 10.8 Å². The lowest BCUT2D eigenvalue weighted by Gasteiger charge is -2.30. The minimum absolute atomic E-state index is 0.0286. The summed E-state index contributed by atoms with van der Waals surface area (Å²) in [7, 11) is 0. The largest absolute Gasteiger partial charge is 0.508 e. The van der Waals surface area contributed by atoms with E-state index < -0.39 is 193 Å². The van der Waals surface area contributed by atoms with Gasteiger partial charge in [-0.25, -0.2) is 4.79 Å². The van der Waals surface area contributed by atoms with Crippen molar-refractivity contribution >= 4 is 107 Å². The Labute approximate surface area is 633 Å². The number of aliphatic carboxylic acids is 2. The van der Waals surface area contributed by atoms with Crippen LogP contribution in [0.1, 0.15) is 137 Å². The molecule has 0 aromatic heterocycles. The lowest BCUT2D eigenvalue weighted by atomic mass is 9.95. The zero-order valence-corrected chi connectivity index (χ0v) is 63.5. The van der Waals surface area contributed by atoms with Crippen LogP contribution in [0.15, 0.2) is 54.6 Å². The maximum absolute atomic E-state index is 14.6. The van der Waals surface area contributed by atoms with Crippen LogP contribution >= 0.6 is 11.8 Å². The van der Waals surface area contributed by atoms with Gasteiger partial charge in [-0.3, -0.25) is 73.1 Å². The number of benzene rings is 2. The zero-order valence-electron chi connectivity index (χ0n) is 62.7. The van der Waals surface area contributed by atoms with Gasteiger partial charge in [0.2, 0.25) is 70.9 Å². The molecule has 0 aliphatic rings. The van der Waals surface area contributed by atoms with Gasteiger partial charge in [0.15, 0.2) is 11.9 Å². The zero-order chi connectivity index (χ0) is 81.2. The number of nitrogens with two attached hydrogens (primary N) is 4. The summed E-state index contributed by atoms with van der Waals surface area (Å²) < 4.78 is 0. The monoisotopic (exact) mass is 1540 g/mol. The molecule has 0 heterocycles. The van der Waals surface area contributed by atoms with Crippen LogP contribution in [0.2, 0.25) is 0 Å². The molecule has 2 aromatic carbocycles. The third kappa shape index (κ3) is 37.2. The summed E-state index contributed by atoms with van der Waals surface area (Å²) in [5, 5.41) is 80.4. The first-order valence-corrected chi connectivity index (χ1v) is 37.3. The molecule has 27 N–H and O–H groups in total. The van der Waals surface area contributed by atoms with Crippen molar-refractivity contribution in [3.8, 4) is 5.75 Å². The number of hydrogen-bond donors (Lipinski definition) is 23. The number of carboxylic acids is 2. The van der Waals surface area contributed by atoms with Gasteiger partial charge < -0.3 is 113 Å². The minimum atomic E-state index is -1.57. The van der Waals surface area contributed by atoms with E-state index in [2.05, 4.69) is 74.4 Å². The molecular weight excluding hydrogens is 1420 g/mol. The molecule has 602 valence electrons. The van der Waals surface area contributed by atoms with Crippen LogP contribution in [-0.2, 0) is 80.0 Å². The van der Waals surface area contributed by atoms with Crippen LogP contribution in [0.5, 0.6) is 5.75 Å². The number of nitrogens with one attached hydrogen (secondary N) is 16. The van der Waals surface area contributed by atoms with Crippen LogP contribution in [0.3, 0.4) is 0 Å². The number of hydrogen-bond acceptors (Lipinski definition) is 20. The maximum Gasteiger partial charge on any atom is 0.326 e. The number of guanidine groups is 2. The van der Waals surface area contributed by atoms with E-state index in [4.69, 9.17) is 33.8 Å². The second kappa shape index (κ2) is 50.2. The summed E-state index contributed by atoms with van der Waals surface area (Å²) >= 11 is 1.48. The van der Waals surface area contributed by atoms with Crippen LogP contribution in [0, 0.1) is 28.6 Å². The molecule has 0 fully saturated rings. The van der Waals surface area contributed by atoms with Gasteiger partial charge in [0.25, 0.3) is 0 Å². The van der Waals surface area contributed by atoms with Crippen molar-refractivity contribution in [2.45, 2.75) is 205 Å². The Morgan fingerprint density at radius 2 is 0.935 bits per heavy atom. The van der Waals surface area contributed by atoms with Crippen molar-refractivity contribution in [3.63, 3.8) is 0 Å². The molecule has 38 heteroatoms. The number of carboxylic acid groups (broad SMARTS) is 2. The third-order valence-corrected chi connectivity index (χ3v) is 17.6. The van der Waals surface area contributed by atoms with Crippen molar-refractivity contribution in [2.24, 2.45) is 40.7 Å². The van der Waals surface area contributed by atoms with Crippen LogP contribution in [0.25, 0.3) is 0 Å². The van der Waals surface area contributed by atoms with E-state index in [1.165, 1.54) is 30.8 Å². The molecule has 0 radical (unpaired) electrons. The van der Waals surface area contributed by atoms with Crippen molar-refractivity contribution in [1.82, 2.24) is 74.4 Å². The predicted octanol–water partition coefficient (Wildman–Crippen LogP) is -3.29. The predicted molar refractivity (Wildman–Crippen MR) is 403 cm³/mol. The molecule has 12 amide bonds. The summed E-state index contributed by atoms with van der Waals surface area (Å²) in [6.07, 6.45) is 1.78. The van der Waals surface area contributed by atoms with Crippen molar-refractivity contribution in [3.05, 3.63) is 65.7 Å². The van der Waals surface area contributed by atoms with Crippen molar-refractivity contribution < 1.29 is 82.4 Å². The van der Waals surface area contributed by atoms with Crippen LogP contribution < -0.4 is 97.4 Å². The molecule has 37 nitrogen and oxygen atoms in total. The molecule has 0 saturated carbocycles. The Morgan fingerprint density at radius 1 is 0.472 bits per heavy atom. The van der Waals surface area contributed by atoms with E-state index in [-0.39, 0.29) is 101 Å². The Morgan fingerprint density at radius 3 is 1.46 bits per heavy atom. The van der Waals surface area contributed by atoms with Gasteiger partial charge >= 0.3 is 11.9 Å². The van der Waals surface area contributed by atoms with E-state index in [1.807, 2.05) is 6.26 Å². The number of carbonyl (C=O) groups excluding carboxylic acids is 12. The van der Waals surface area contributed by atoms with Gasteiger partial charge in [0.05, 0.1) is 19.1 Å². The fourth-order valence-corrected chi connectivity index (χ4v) is 11.1. The van der Waals surface area contributed by atoms with Crippen molar-refractivity contribution in [2.75, 3.05) is 44.7 Å². The Bertz CT molecular complexity index is 3320. The summed E-state index contributed by atoms with van der Waals surface area (Å²) in [4.78, 5) is 191. The molecule has 0 bridgehead atoms. The number of carbonyl (C=O) groups is 14. The summed E-state index contributed by atoms with van der Waals surface area (Å²) in [5.74, 6) is -14.8. The topological polar surface area (TPSA) is 620 Å². The normalized spacial score (nSPS) is 14.4. The molecule has 2 rings (SSSR count). The fraction of sp³-hybridized carbons (Fsp3) is 0.600. The van der Waals surface area contributed by atoms with Crippen LogP contribution in [0.4, 0.5) is 0 Å². The molecule has 108 heavy (non-hydrogen) atoms. The highest BCUT2D eigenvalue weighted by atomic mass is 32.2. The quantitative estimate of drug-likeness (QED) is 0.0175. The molecule has 0 aliphatic carbocycles. The van der Waals surface area contributed by atoms with Gasteiger partial charge in [0, 0.05) is 32.4 Å². The minimum Gasteiger partial charge on any atom is -0.508 e. The van der Waals surface area contributed by atoms with Gasteiger partial charge in [-0.2, -0.15) is 11.8 Å². The van der Waals surface area contributed by atoms with Gasteiger partial charge in [0.1, 0.15) is 66.2 Å². The molecule has 2 aromatic rings. The molecular formula is C70H114N20O17S. The van der Waals surface area contributed by atoms with Gasteiger partial charge in [-0.15, -0.1) is 0 Å². The number of aromatic hydroxyl groups is 1. The lowest BCUT2D eigenvalue weighted by molar-refractivity contribution is -0.143. The van der Waals surface area contributed by atoms with Gasteiger partial charge in [-0.1, -0.05) is 90.4 Å². The average molecular weight is 1540 g/mol. The third-order valence-electron chi connectivity index (χ3n) is 17.0. The molecule has 0 spiro atoms. The van der Waals surface area contributed by atoms with Crippen LogP contribution in [-0.4, -0.2) is 221 Å². The smallest absolute Gasteiger partial charge is 0.326 e. The highest BCUT2D eigenvalue weighted by Crippen LogP contribution is 2.16. The molecule has 0 saturated heterocycles. The summed E-state index contributed by atoms with van der Waals surface area (Å²) in [6, 6.07) is -0.723. The first-order chi connectivity index (χ1) is 51.0. The highest BCUT2D eigenvalue weighted by molar-refractivity contribution is 7.98. The first kappa shape index (κ1) is 93.7. The average Bonchev–Trinajstić information content (AvgIpc) is 0.852. The number of thioether (sulfide) groups is 1. The Hall–Kier alpha value is -10.4. The number of phenols is 1. The Kier molecular flexibility index (Phi) is 43.6. The molecule has 0 aliphatic heterocycles. The SMILES string of the molecule is CC[C@H](C)[C@H](NC(=O)[C@@H](NC(=O)[C@H](CCCNC(=N)N)NC(=O)CNC(=O)CNC(=O)[C@H](Cc1ccc(O)cc1)NC(=O)[C@@H](N)CCSC)C(C)C)C(=O)N[C@@H](CCCNC(=N)N)C(=O)N[C@@H](CCCCN)C(=O)N[C@@H](C)C(=O)N[C@@H](CC(C)C)C(=O)N[C@@H](CCC(=O)O)C(=O)N[C@@H](Cc1ccccc1)C(=O)O. The fourth-order valence-electron chi connectivity index (χ4n) is 10.6. The van der Waals surface area contributed by atoms with E-state index in [1.54, 1.807) is 84.0 Å². The summed E-state index contributed by atoms with van der Waals surface area (Å²) in [6.45, 7) is 10.3. The second-order valence-corrected chi connectivity index (χ2v) is 27.9. The lowest BCUT2D eigenvalue weighted by Crippen LogP contribution is -2.61. The molecule has 12 atom stereocenters.